The number of rotatable bonds is 4. The predicted molar refractivity (Wildman–Crippen MR) is 69.6 cm³/mol. The third-order valence-corrected chi connectivity index (χ3v) is 2.69. The van der Waals surface area contributed by atoms with Crippen LogP contribution in [0.25, 0.3) is 0 Å². The Morgan fingerprint density at radius 3 is 2.89 bits per heavy atom. The molecule has 2 rings (SSSR count). The van der Waals surface area contributed by atoms with Gasteiger partial charge in [0.2, 0.25) is 5.78 Å². The number of nitrogen functional groups attached to an aromatic ring is 1. The number of anilines is 1. The summed E-state index contributed by atoms with van der Waals surface area (Å²) in [5.41, 5.74) is 7.02. The number of hydrogen-bond donors (Lipinski definition) is 1. The van der Waals surface area contributed by atoms with E-state index < -0.39 is 0 Å². The highest BCUT2D eigenvalue weighted by Crippen LogP contribution is 2.19. The number of nitrogens with zero attached hydrogens (tertiary/aromatic N) is 3. The molecule has 1 aromatic carbocycles. The van der Waals surface area contributed by atoms with Crippen LogP contribution in [0.4, 0.5) is 5.69 Å². The highest BCUT2D eigenvalue weighted by molar-refractivity contribution is 6.31. The van der Waals surface area contributed by atoms with Gasteiger partial charge in [-0.2, -0.15) is 0 Å². The lowest BCUT2D eigenvalue weighted by Crippen LogP contribution is -2.11. The summed E-state index contributed by atoms with van der Waals surface area (Å²) in [5, 5.41) is 8.08. The Morgan fingerprint density at radius 1 is 1.44 bits per heavy atom. The Labute approximate surface area is 110 Å². The molecular weight excluding hydrogens is 252 g/mol. The maximum Gasteiger partial charge on any atom is 0.212 e. The van der Waals surface area contributed by atoms with E-state index in [1.165, 1.54) is 6.20 Å². The molecular formula is C12H13ClN4O. The summed E-state index contributed by atoms with van der Waals surface area (Å²) in [7, 11) is 0. The smallest absolute Gasteiger partial charge is 0.212 e. The van der Waals surface area contributed by atoms with E-state index in [1.54, 1.807) is 22.9 Å². The van der Waals surface area contributed by atoms with Crippen molar-refractivity contribution in [2.45, 2.75) is 19.9 Å². The number of carbonyl (C=O) groups excluding carboxylic acids is 1. The van der Waals surface area contributed by atoms with Crippen LogP contribution in [-0.4, -0.2) is 20.8 Å². The van der Waals surface area contributed by atoms with Crippen LogP contribution >= 0.6 is 11.6 Å². The van der Waals surface area contributed by atoms with Crippen LogP contribution in [0.3, 0.4) is 0 Å². The molecule has 1 heterocycles. The topological polar surface area (TPSA) is 73.8 Å². The highest BCUT2D eigenvalue weighted by atomic mass is 35.5. The molecule has 0 aliphatic rings. The number of ketones is 1. The van der Waals surface area contributed by atoms with Gasteiger partial charge in [-0.1, -0.05) is 23.7 Å². The minimum Gasteiger partial charge on any atom is -0.399 e. The number of hydrogen-bond acceptors (Lipinski definition) is 4. The fourth-order valence-electron chi connectivity index (χ4n) is 1.70. The Balaban J connectivity index is 2.38. The van der Waals surface area contributed by atoms with E-state index in [1.807, 2.05) is 6.92 Å². The largest absolute Gasteiger partial charge is 0.399 e. The van der Waals surface area contributed by atoms with E-state index in [9.17, 15) is 4.79 Å². The molecule has 0 radical (unpaired) electrons. The third kappa shape index (κ3) is 2.51. The monoisotopic (exact) mass is 264 g/mol. The van der Waals surface area contributed by atoms with Gasteiger partial charge in [-0.25, -0.2) is 4.68 Å². The van der Waals surface area contributed by atoms with E-state index in [0.29, 0.717) is 28.5 Å². The van der Waals surface area contributed by atoms with Crippen molar-refractivity contribution in [3.8, 4) is 0 Å². The molecule has 2 aromatic rings. The fraction of sp³-hybridized carbons (Fsp3) is 0.250. The summed E-state index contributed by atoms with van der Waals surface area (Å²) in [6, 6.07) is 4.78. The highest BCUT2D eigenvalue weighted by Gasteiger charge is 2.15. The molecule has 0 atom stereocenters. The molecule has 6 heteroatoms. The van der Waals surface area contributed by atoms with Crippen molar-refractivity contribution >= 4 is 23.1 Å². The van der Waals surface area contributed by atoms with Crippen molar-refractivity contribution in [2.24, 2.45) is 0 Å². The summed E-state index contributed by atoms with van der Waals surface area (Å²) in [6.07, 6.45) is 2.33. The van der Waals surface area contributed by atoms with Gasteiger partial charge in [0.05, 0.1) is 6.20 Å². The molecule has 0 bridgehead atoms. The van der Waals surface area contributed by atoms with Crippen LogP contribution in [0.2, 0.25) is 5.02 Å². The van der Waals surface area contributed by atoms with Crippen LogP contribution in [0.1, 0.15) is 29.4 Å². The molecule has 0 amide bonds. The second-order valence-corrected chi connectivity index (χ2v) is 4.38. The van der Waals surface area contributed by atoms with Gasteiger partial charge < -0.3 is 5.73 Å². The Hall–Kier alpha value is -1.88. The molecule has 0 unspecified atom stereocenters. The molecule has 0 fully saturated rings. The second-order valence-electron chi connectivity index (χ2n) is 3.94. The summed E-state index contributed by atoms with van der Waals surface area (Å²) in [5.74, 6) is -0.178. The van der Waals surface area contributed by atoms with E-state index in [-0.39, 0.29) is 5.78 Å². The van der Waals surface area contributed by atoms with Crippen molar-refractivity contribution in [2.75, 3.05) is 5.73 Å². The molecule has 2 N–H and O–H groups in total. The van der Waals surface area contributed by atoms with Gasteiger partial charge in [-0.05, 0) is 24.6 Å². The van der Waals surface area contributed by atoms with Crippen LogP contribution < -0.4 is 5.73 Å². The van der Waals surface area contributed by atoms with Gasteiger partial charge in [-0.15, -0.1) is 5.10 Å². The fourth-order valence-corrected chi connectivity index (χ4v) is 1.95. The molecule has 0 saturated carbocycles. The van der Waals surface area contributed by atoms with Crippen molar-refractivity contribution in [3.63, 3.8) is 0 Å². The Kier molecular flexibility index (Phi) is 3.62. The van der Waals surface area contributed by atoms with E-state index in [2.05, 4.69) is 10.3 Å². The summed E-state index contributed by atoms with van der Waals surface area (Å²) < 4.78 is 1.58. The minimum absolute atomic E-state index is 0.178. The lowest BCUT2D eigenvalue weighted by Gasteiger charge is -2.05. The van der Waals surface area contributed by atoms with Crippen molar-refractivity contribution < 1.29 is 4.79 Å². The van der Waals surface area contributed by atoms with Gasteiger partial charge in [-0.3, -0.25) is 4.79 Å². The zero-order valence-corrected chi connectivity index (χ0v) is 10.7. The maximum atomic E-state index is 12.3. The molecule has 5 nitrogen and oxygen atoms in total. The quantitative estimate of drug-likeness (QED) is 0.678. The molecule has 1 aromatic heterocycles. The van der Waals surface area contributed by atoms with E-state index in [0.717, 1.165) is 6.42 Å². The zero-order chi connectivity index (χ0) is 13.1. The van der Waals surface area contributed by atoms with Crippen LogP contribution in [0.15, 0.2) is 24.4 Å². The van der Waals surface area contributed by atoms with Gasteiger partial charge in [0.25, 0.3) is 0 Å². The molecule has 0 saturated heterocycles. The zero-order valence-electron chi connectivity index (χ0n) is 9.93. The number of aryl methyl sites for hydroxylation is 1. The first-order valence-electron chi connectivity index (χ1n) is 5.61. The van der Waals surface area contributed by atoms with Crippen LogP contribution in [0.5, 0.6) is 0 Å². The standard InChI is InChI=1S/C12H13ClN4O/c1-2-3-17-11(7-15-16-17)12(18)8-4-9(13)6-10(14)5-8/h4-7H,2-3,14H2,1H3. The summed E-state index contributed by atoms with van der Waals surface area (Å²) in [4.78, 5) is 12.3. The number of benzene rings is 1. The maximum absolute atomic E-state index is 12.3. The summed E-state index contributed by atoms with van der Waals surface area (Å²) >= 11 is 5.89. The number of halogens is 1. The van der Waals surface area contributed by atoms with Gasteiger partial charge in [0.15, 0.2) is 0 Å². The number of nitrogens with two attached hydrogens (primary N) is 1. The lowest BCUT2D eigenvalue weighted by atomic mass is 10.1. The van der Waals surface area contributed by atoms with Gasteiger partial charge in [0.1, 0.15) is 5.69 Å². The van der Waals surface area contributed by atoms with Gasteiger partial charge in [0, 0.05) is 22.8 Å². The SMILES string of the molecule is CCCn1nncc1C(=O)c1cc(N)cc(Cl)c1. The lowest BCUT2D eigenvalue weighted by molar-refractivity contribution is 0.102. The molecule has 94 valence electrons. The Bertz CT molecular complexity index is 559. The predicted octanol–water partition coefficient (Wildman–Crippen LogP) is 2.15. The normalized spacial score (nSPS) is 10.6. The van der Waals surface area contributed by atoms with Crippen LogP contribution in [-0.2, 0) is 6.54 Å². The second kappa shape index (κ2) is 5.18. The van der Waals surface area contributed by atoms with E-state index in [4.69, 9.17) is 17.3 Å². The molecule has 0 aliphatic heterocycles. The first kappa shape index (κ1) is 12.6. The average molecular weight is 265 g/mol. The molecule has 0 spiro atoms. The number of aromatic nitrogens is 3. The van der Waals surface area contributed by atoms with E-state index >= 15 is 0 Å². The van der Waals surface area contributed by atoms with Crippen molar-refractivity contribution in [1.29, 1.82) is 0 Å². The summed E-state index contributed by atoms with van der Waals surface area (Å²) in [6.45, 7) is 2.66. The first-order valence-corrected chi connectivity index (χ1v) is 5.99. The Morgan fingerprint density at radius 2 is 2.22 bits per heavy atom. The average Bonchev–Trinajstić information content (AvgIpc) is 2.75. The first-order chi connectivity index (χ1) is 8.61. The third-order valence-electron chi connectivity index (χ3n) is 2.47. The minimum atomic E-state index is -0.178. The van der Waals surface area contributed by atoms with Crippen molar-refractivity contribution in [3.05, 3.63) is 40.7 Å². The molecule has 0 aliphatic carbocycles. The van der Waals surface area contributed by atoms with Crippen LogP contribution in [0, 0.1) is 0 Å². The van der Waals surface area contributed by atoms with Crippen molar-refractivity contribution in [1.82, 2.24) is 15.0 Å². The molecule has 18 heavy (non-hydrogen) atoms. The number of carbonyl (C=O) groups is 1. The van der Waals surface area contributed by atoms with Gasteiger partial charge >= 0.3 is 0 Å².